The molecule has 1 aliphatic carbocycles. The molecule has 28 heavy (non-hydrogen) atoms. The summed E-state index contributed by atoms with van der Waals surface area (Å²) in [5.74, 6) is 0.730. The predicted molar refractivity (Wildman–Crippen MR) is 111 cm³/mol. The van der Waals surface area contributed by atoms with Crippen LogP contribution < -0.4 is 0 Å². The van der Waals surface area contributed by atoms with Crippen LogP contribution in [0, 0.1) is 11.8 Å². The average molecular weight is 406 g/mol. The van der Waals surface area contributed by atoms with Crippen molar-refractivity contribution in [2.75, 3.05) is 13.2 Å². The highest BCUT2D eigenvalue weighted by Gasteiger charge is 2.52. The average Bonchev–Trinajstić information content (AvgIpc) is 3.09. The van der Waals surface area contributed by atoms with Crippen LogP contribution in [0.3, 0.4) is 0 Å². The second-order valence-corrected chi connectivity index (χ2v) is 9.46. The summed E-state index contributed by atoms with van der Waals surface area (Å²) in [5, 5.41) is 10.8. The highest BCUT2D eigenvalue weighted by molar-refractivity contribution is 6.29. The number of hydrogen-bond donors (Lipinski definition) is 1. The summed E-state index contributed by atoms with van der Waals surface area (Å²) in [7, 11) is 0. The lowest BCUT2D eigenvalue weighted by Gasteiger charge is -2.55. The van der Waals surface area contributed by atoms with E-state index in [1.807, 2.05) is 6.08 Å². The standard InChI is InChI=1S/C23H32ClNO3/c1-16-6-9-20(26)14-18(24)10-13-28-22(27)17-7-8-19-4-2-11-23(25(19)15-17)12-3-5-21(16)23/h6-7,9,14,16,19-21,26H,2-5,8,10-13,15H2,1H3. The van der Waals surface area contributed by atoms with Gasteiger partial charge in [-0.15, -0.1) is 0 Å². The molecular weight excluding hydrogens is 374 g/mol. The number of allylic oxidation sites excluding steroid dienone is 1. The summed E-state index contributed by atoms with van der Waals surface area (Å²) in [6, 6.07) is 0.541. The third kappa shape index (κ3) is 3.83. The molecule has 2 bridgehead atoms. The van der Waals surface area contributed by atoms with Gasteiger partial charge in [0.15, 0.2) is 0 Å². The molecule has 5 unspecified atom stereocenters. The zero-order valence-electron chi connectivity index (χ0n) is 16.8. The number of aliphatic hydroxyl groups is 1. The maximum atomic E-state index is 12.7. The molecule has 5 atom stereocenters. The molecule has 2 fully saturated rings. The van der Waals surface area contributed by atoms with E-state index in [9.17, 15) is 9.90 Å². The third-order valence-corrected chi connectivity index (χ3v) is 7.70. The van der Waals surface area contributed by atoms with Crippen LogP contribution in [0.5, 0.6) is 0 Å². The van der Waals surface area contributed by atoms with E-state index in [2.05, 4.69) is 24.0 Å². The maximum absolute atomic E-state index is 12.7. The number of rotatable bonds is 0. The molecule has 4 nitrogen and oxygen atoms in total. The molecule has 154 valence electrons. The van der Waals surface area contributed by atoms with Crippen molar-refractivity contribution in [2.24, 2.45) is 11.8 Å². The molecule has 1 saturated carbocycles. The number of nitrogens with zero attached hydrogens (tertiary/aromatic N) is 1. The van der Waals surface area contributed by atoms with Gasteiger partial charge < -0.3 is 9.84 Å². The zero-order valence-corrected chi connectivity index (χ0v) is 17.5. The van der Waals surface area contributed by atoms with Gasteiger partial charge in [0.1, 0.15) is 0 Å². The summed E-state index contributed by atoms with van der Waals surface area (Å²) in [6.07, 6.45) is 15.8. The van der Waals surface area contributed by atoms with Gasteiger partial charge in [0, 0.05) is 35.2 Å². The molecule has 0 aromatic rings. The number of hydrogen-bond acceptors (Lipinski definition) is 4. The van der Waals surface area contributed by atoms with Crippen LogP contribution in [0.15, 0.2) is 34.9 Å². The van der Waals surface area contributed by atoms with Crippen LogP contribution in [0.25, 0.3) is 0 Å². The molecule has 4 rings (SSSR count). The summed E-state index contributed by atoms with van der Waals surface area (Å²) >= 11 is 6.22. The molecule has 0 aromatic carbocycles. The topological polar surface area (TPSA) is 49.8 Å². The normalized spacial score (nSPS) is 39.9. The predicted octanol–water partition coefficient (Wildman–Crippen LogP) is 4.33. The lowest BCUT2D eigenvalue weighted by atomic mass is 9.70. The zero-order chi connectivity index (χ0) is 19.7. The number of aliphatic hydroxyl groups excluding tert-OH is 1. The van der Waals surface area contributed by atoms with Gasteiger partial charge in [-0.3, -0.25) is 4.90 Å². The minimum absolute atomic E-state index is 0.172. The number of ether oxygens (including phenoxy) is 1. The first-order chi connectivity index (χ1) is 13.5. The molecular formula is C23H32ClNO3. The molecule has 3 heterocycles. The fourth-order valence-corrected chi connectivity index (χ4v) is 6.30. The van der Waals surface area contributed by atoms with Crippen LogP contribution in [0.4, 0.5) is 0 Å². The van der Waals surface area contributed by atoms with E-state index >= 15 is 0 Å². The summed E-state index contributed by atoms with van der Waals surface area (Å²) in [5.41, 5.74) is 0.979. The fraction of sp³-hybridized carbons (Fsp3) is 0.696. The van der Waals surface area contributed by atoms with E-state index in [0.29, 0.717) is 35.9 Å². The smallest absolute Gasteiger partial charge is 0.335 e. The number of cyclic esters (lactones) is 1. The van der Waals surface area contributed by atoms with Gasteiger partial charge in [-0.25, -0.2) is 4.79 Å². The van der Waals surface area contributed by atoms with Crippen molar-refractivity contribution in [1.82, 2.24) is 4.90 Å². The van der Waals surface area contributed by atoms with E-state index in [1.54, 1.807) is 6.08 Å². The SMILES string of the molecule is CC1C=CC(O)C=C(Cl)CCOC(=O)C2=CCC3CCCC4(CCCC14)N3C2. The van der Waals surface area contributed by atoms with Crippen molar-refractivity contribution >= 4 is 17.6 Å². The van der Waals surface area contributed by atoms with Crippen molar-refractivity contribution in [2.45, 2.75) is 76.0 Å². The maximum Gasteiger partial charge on any atom is 0.335 e. The summed E-state index contributed by atoms with van der Waals surface area (Å²) < 4.78 is 5.50. The minimum Gasteiger partial charge on any atom is -0.462 e. The van der Waals surface area contributed by atoms with E-state index in [1.165, 1.54) is 38.5 Å². The van der Waals surface area contributed by atoms with Crippen molar-refractivity contribution < 1.29 is 14.6 Å². The number of carbonyl (C=O) groups excluding carboxylic acids is 1. The van der Waals surface area contributed by atoms with Gasteiger partial charge in [-0.2, -0.15) is 0 Å². The molecule has 1 N–H and O–H groups in total. The van der Waals surface area contributed by atoms with Gasteiger partial charge in [0.2, 0.25) is 0 Å². The van der Waals surface area contributed by atoms with Crippen LogP contribution in [-0.4, -0.2) is 46.8 Å². The van der Waals surface area contributed by atoms with E-state index < -0.39 is 6.10 Å². The molecule has 0 radical (unpaired) electrons. The first-order valence-electron chi connectivity index (χ1n) is 10.8. The van der Waals surface area contributed by atoms with Gasteiger partial charge in [0.05, 0.1) is 12.7 Å². The largest absolute Gasteiger partial charge is 0.462 e. The first kappa shape index (κ1) is 20.2. The van der Waals surface area contributed by atoms with Gasteiger partial charge >= 0.3 is 5.97 Å². The van der Waals surface area contributed by atoms with Crippen molar-refractivity contribution in [1.29, 1.82) is 0 Å². The quantitative estimate of drug-likeness (QED) is 0.481. The van der Waals surface area contributed by atoms with E-state index in [0.717, 1.165) is 12.0 Å². The summed E-state index contributed by atoms with van der Waals surface area (Å²) in [4.78, 5) is 15.3. The third-order valence-electron chi connectivity index (χ3n) is 7.39. The number of fused-ring (bicyclic) bond motifs is 1. The Morgan fingerprint density at radius 2 is 2.04 bits per heavy atom. The van der Waals surface area contributed by atoms with E-state index in [4.69, 9.17) is 16.3 Å². The molecule has 0 amide bonds. The molecule has 3 aliphatic heterocycles. The van der Waals surface area contributed by atoms with Crippen LogP contribution >= 0.6 is 11.6 Å². The van der Waals surface area contributed by atoms with Crippen molar-refractivity contribution in [3.8, 4) is 0 Å². The van der Waals surface area contributed by atoms with Gasteiger partial charge in [0.25, 0.3) is 0 Å². The van der Waals surface area contributed by atoms with Crippen LogP contribution in [-0.2, 0) is 9.53 Å². The number of piperidine rings is 1. The molecule has 5 heteroatoms. The molecule has 1 spiro atoms. The van der Waals surface area contributed by atoms with Gasteiger partial charge in [-0.05, 0) is 50.0 Å². The first-order valence-corrected chi connectivity index (χ1v) is 11.2. The summed E-state index contributed by atoms with van der Waals surface area (Å²) in [6.45, 7) is 3.24. The Morgan fingerprint density at radius 3 is 2.86 bits per heavy atom. The Hall–Kier alpha value is -1.10. The number of esters is 1. The second-order valence-electron chi connectivity index (χ2n) is 8.98. The molecule has 4 aliphatic rings. The number of halogens is 1. The van der Waals surface area contributed by atoms with Crippen molar-refractivity contribution in [3.63, 3.8) is 0 Å². The van der Waals surface area contributed by atoms with Gasteiger partial charge in [-0.1, -0.05) is 49.6 Å². The lowest BCUT2D eigenvalue weighted by Crippen LogP contribution is -2.61. The lowest BCUT2D eigenvalue weighted by molar-refractivity contribution is -0.140. The van der Waals surface area contributed by atoms with Crippen LogP contribution in [0.1, 0.15) is 58.3 Å². The second kappa shape index (κ2) is 8.33. The Kier molecular flexibility index (Phi) is 6.01. The molecule has 0 aromatic heterocycles. The number of carbonyl (C=O) groups is 1. The Bertz CT molecular complexity index is 700. The minimum atomic E-state index is -0.700. The van der Waals surface area contributed by atoms with Crippen molar-refractivity contribution in [3.05, 3.63) is 34.9 Å². The molecule has 1 saturated heterocycles. The Labute approximate surface area is 173 Å². The highest BCUT2D eigenvalue weighted by atomic mass is 35.5. The fourth-order valence-electron chi connectivity index (χ4n) is 6.10. The van der Waals surface area contributed by atoms with Crippen LogP contribution in [0.2, 0.25) is 0 Å². The highest BCUT2D eigenvalue weighted by Crippen LogP contribution is 2.52. The monoisotopic (exact) mass is 405 g/mol. The van der Waals surface area contributed by atoms with E-state index in [-0.39, 0.29) is 18.1 Å². The Morgan fingerprint density at radius 1 is 1.25 bits per heavy atom. The Balaban J connectivity index is 1.69.